The molecular weight excluding hydrogens is 186 g/mol. The summed E-state index contributed by atoms with van der Waals surface area (Å²) in [4.78, 5) is 0. The van der Waals surface area contributed by atoms with Gasteiger partial charge in [-0.2, -0.15) is 5.10 Å². The highest BCUT2D eigenvalue weighted by Crippen LogP contribution is 2.43. The first kappa shape index (κ1) is 7.65. The third kappa shape index (κ3) is 0.862. The Bertz CT molecular complexity index is 529. The van der Waals surface area contributed by atoms with Crippen molar-refractivity contribution in [1.82, 2.24) is 15.5 Å². The van der Waals surface area contributed by atoms with Crippen molar-refractivity contribution < 1.29 is 0 Å². The normalized spacial score (nSPS) is 26.1. The van der Waals surface area contributed by atoms with Crippen molar-refractivity contribution in [2.24, 2.45) is 0 Å². The Morgan fingerprint density at radius 2 is 2.00 bits per heavy atom. The van der Waals surface area contributed by atoms with Crippen LogP contribution in [0.5, 0.6) is 0 Å². The molecule has 0 saturated carbocycles. The minimum absolute atomic E-state index is 0.355. The summed E-state index contributed by atoms with van der Waals surface area (Å²) in [5.74, 6) is 0. The summed E-state index contributed by atoms with van der Waals surface area (Å²) in [6.07, 6.45) is 2.98. The molecule has 74 valence electrons. The average Bonchev–Trinajstić information content (AvgIpc) is 2.85. The molecule has 2 bridgehead atoms. The van der Waals surface area contributed by atoms with Crippen LogP contribution in [-0.2, 0) is 6.42 Å². The Kier molecular flexibility index (Phi) is 1.27. The van der Waals surface area contributed by atoms with Crippen LogP contribution in [-0.4, -0.2) is 10.2 Å². The van der Waals surface area contributed by atoms with E-state index in [4.69, 9.17) is 0 Å². The Labute approximate surface area is 87.5 Å². The molecule has 1 aromatic carbocycles. The van der Waals surface area contributed by atoms with E-state index in [9.17, 15) is 0 Å². The van der Waals surface area contributed by atoms with Gasteiger partial charge in [0, 0.05) is 23.7 Å². The van der Waals surface area contributed by atoms with Crippen LogP contribution in [0.25, 0.3) is 0 Å². The van der Waals surface area contributed by atoms with Crippen LogP contribution in [0.4, 0.5) is 0 Å². The first-order valence-corrected chi connectivity index (χ1v) is 5.30. The monoisotopic (exact) mass is 197 g/mol. The summed E-state index contributed by atoms with van der Waals surface area (Å²) in [7, 11) is 0. The summed E-state index contributed by atoms with van der Waals surface area (Å²) in [6.45, 7) is 0. The second-order valence-corrected chi connectivity index (χ2v) is 4.29. The number of aromatic amines is 1. The van der Waals surface area contributed by atoms with E-state index >= 15 is 0 Å². The van der Waals surface area contributed by atoms with Crippen molar-refractivity contribution in [3.05, 3.63) is 52.8 Å². The maximum atomic E-state index is 4.13. The van der Waals surface area contributed by atoms with Crippen molar-refractivity contribution in [3.8, 4) is 0 Å². The van der Waals surface area contributed by atoms with Gasteiger partial charge in [0.05, 0.1) is 12.2 Å². The number of aromatic nitrogens is 2. The van der Waals surface area contributed by atoms with Gasteiger partial charge < -0.3 is 0 Å². The number of hydrogen-bond donors (Lipinski definition) is 2. The molecule has 2 atom stereocenters. The van der Waals surface area contributed by atoms with Crippen molar-refractivity contribution >= 4 is 0 Å². The van der Waals surface area contributed by atoms with Gasteiger partial charge in [-0.25, -0.2) is 0 Å². The van der Waals surface area contributed by atoms with Crippen molar-refractivity contribution in [1.29, 1.82) is 0 Å². The second kappa shape index (κ2) is 2.49. The molecule has 0 spiro atoms. The van der Waals surface area contributed by atoms with Crippen LogP contribution in [0.1, 0.15) is 34.5 Å². The van der Waals surface area contributed by atoms with Gasteiger partial charge in [-0.15, -0.1) is 0 Å². The number of nitrogens with zero attached hydrogens (tertiary/aromatic N) is 1. The SMILES string of the molecule is c1ccc2c(c1)C1Cc3[nH]ncc3C2N1. The van der Waals surface area contributed by atoms with Gasteiger partial charge in [0.2, 0.25) is 0 Å². The molecule has 3 heteroatoms. The Morgan fingerprint density at radius 3 is 2.93 bits per heavy atom. The summed E-state index contributed by atoms with van der Waals surface area (Å²) < 4.78 is 0. The lowest BCUT2D eigenvalue weighted by atomic mass is 10.0. The van der Waals surface area contributed by atoms with Crippen molar-refractivity contribution in [2.75, 3.05) is 0 Å². The van der Waals surface area contributed by atoms with Crippen LogP contribution >= 0.6 is 0 Å². The van der Waals surface area contributed by atoms with Gasteiger partial charge in [-0.3, -0.25) is 10.4 Å². The molecule has 2 aromatic rings. The molecule has 1 aromatic heterocycles. The minimum Gasteiger partial charge on any atom is -0.299 e. The van der Waals surface area contributed by atoms with Crippen molar-refractivity contribution in [3.63, 3.8) is 0 Å². The maximum absolute atomic E-state index is 4.13. The molecule has 0 aliphatic carbocycles. The smallest absolute Gasteiger partial charge is 0.0618 e. The zero-order valence-electron chi connectivity index (χ0n) is 8.20. The molecule has 2 aliphatic heterocycles. The van der Waals surface area contributed by atoms with E-state index in [1.165, 1.54) is 22.4 Å². The molecule has 0 saturated heterocycles. The fourth-order valence-electron chi connectivity index (χ4n) is 2.84. The molecule has 3 nitrogen and oxygen atoms in total. The number of benzene rings is 1. The van der Waals surface area contributed by atoms with E-state index in [0.717, 1.165) is 6.42 Å². The lowest BCUT2D eigenvalue weighted by Gasteiger charge is -2.21. The lowest BCUT2D eigenvalue weighted by molar-refractivity contribution is 0.498. The predicted molar refractivity (Wildman–Crippen MR) is 56.5 cm³/mol. The average molecular weight is 197 g/mol. The van der Waals surface area contributed by atoms with Gasteiger partial charge >= 0.3 is 0 Å². The van der Waals surface area contributed by atoms with Gasteiger partial charge in [-0.1, -0.05) is 24.3 Å². The Hall–Kier alpha value is -1.61. The van der Waals surface area contributed by atoms with E-state index < -0.39 is 0 Å². The highest BCUT2D eigenvalue weighted by Gasteiger charge is 2.37. The molecule has 15 heavy (non-hydrogen) atoms. The third-order valence-corrected chi connectivity index (χ3v) is 3.52. The van der Waals surface area contributed by atoms with E-state index in [1.54, 1.807) is 0 Å². The van der Waals surface area contributed by atoms with E-state index in [2.05, 4.69) is 39.8 Å². The largest absolute Gasteiger partial charge is 0.299 e. The first-order chi connectivity index (χ1) is 7.43. The van der Waals surface area contributed by atoms with Crippen LogP contribution in [0.3, 0.4) is 0 Å². The quantitative estimate of drug-likeness (QED) is 0.675. The van der Waals surface area contributed by atoms with Crippen LogP contribution in [0, 0.1) is 0 Å². The van der Waals surface area contributed by atoms with Crippen LogP contribution in [0.15, 0.2) is 30.5 Å². The zero-order chi connectivity index (χ0) is 9.83. The van der Waals surface area contributed by atoms with Gasteiger partial charge in [-0.05, 0) is 11.1 Å². The first-order valence-electron chi connectivity index (χ1n) is 5.30. The maximum Gasteiger partial charge on any atom is 0.0618 e. The third-order valence-electron chi connectivity index (χ3n) is 3.52. The highest BCUT2D eigenvalue weighted by molar-refractivity contribution is 5.47. The Balaban J connectivity index is 1.99. The zero-order valence-corrected chi connectivity index (χ0v) is 8.20. The lowest BCUT2D eigenvalue weighted by Crippen LogP contribution is -2.26. The number of fused-ring (bicyclic) bond motifs is 7. The summed E-state index contributed by atoms with van der Waals surface area (Å²) in [5, 5.41) is 10.9. The van der Waals surface area contributed by atoms with E-state index in [0.29, 0.717) is 12.1 Å². The number of nitrogens with one attached hydrogen (secondary N) is 2. The van der Waals surface area contributed by atoms with Crippen LogP contribution in [0.2, 0.25) is 0 Å². The number of H-pyrrole nitrogens is 1. The summed E-state index contributed by atoms with van der Waals surface area (Å²) >= 11 is 0. The summed E-state index contributed by atoms with van der Waals surface area (Å²) in [5.41, 5.74) is 5.48. The van der Waals surface area contributed by atoms with E-state index in [1.807, 2.05) is 6.20 Å². The fourth-order valence-corrected chi connectivity index (χ4v) is 2.84. The van der Waals surface area contributed by atoms with Gasteiger partial charge in [0.25, 0.3) is 0 Å². The van der Waals surface area contributed by atoms with Crippen molar-refractivity contribution in [2.45, 2.75) is 18.5 Å². The van der Waals surface area contributed by atoms with Gasteiger partial charge in [0.15, 0.2) is 0 Å². The molecule has 2 aliphatic rings. The minimum atomic E-state index is 0.355. The fraction of sp³-hybridized carbons (Fsp3) is 0.250. The molecule has 0 amide bonds. The molecule has 0 fully saturated rings. The molecule has 4 rings (SSSR count). The molecule has 0 radical (unpaired) electrons. The van der Waals surface area contributed by atoms with Crippen LogP contribution < -0.4 is 5.32 Å². The molecule has 2 unspecified atom stereocenters. The highest BCUT2D eigenvalue weighted by atomic mass is 15.1. The number of rotatable bonds is 0. The number of hydrogen-bond acceptors (Lipinski definition) is 2. The van der Waals surface area contributed by atoms with E-state index in [-0.39, 0.29) is 0 Å². The molecular formula is C12H11N3. The Morgan fingerprint density at radius 1 is 1.13 bits per heavy atom. The standard InChI is InChI=1S/C12H11N3/c1-2-4-8-7(3-1)10-5-11-9(6-13-15-11)12(8)14-10/h1-4,6,10,12,14H,5H2,(H,13,15). The second-order valence-electron chi connectivity index (χ2n) is 4.29. The molecule has 3 heterocycles. The topological polar surface area (TPSA) is 40.7 Å². The summed E-state index contributed by atoms with van der Waals surface area (Å²) in [6, 6.07) is 9.50. The van der Waals surface area contributed by atoms with Gasteiger partial charge in [0.1, 0.15) is 0 Å². The predicted octanol–water partition coefficient (Wildman–Crippen LogP) is 1.70. The molecule has 2 N–H and O–H groups in total.